The third kappa shape index (κ3) is 2.39. The van der Waals surface area contributed by atoms with Gasteiger partial charge in [0, 0.05) is 6.07 Å². The van der Waals surface area contributed by atoms with E-state index in [1.165, 1.54) is 5.52 Å². The van der Waals surface area contributed by atoms with Crippen LogP contribution < -0.4 is 4.74 Å². The van der Waals surface area contributed by atoms with Gasteiger partial charge in [0.2, 0.25) is 5.88 Å². The first-order valence-electron chi connectivity index (χ1n) is 7.88. The third-order valence-corrected chi connectivity index (χ3v) is 11.7. The summed E-state index contributed by atoms with van der Waals surface area (Å²) >= 11 is 0. The lowest BCUT2D eigenvalue weighted by Crippen LogP contribution is -2.51. The van der Waals surface area contributed by atoms with Gasteiger partial charge in [-0.05, 0) is 35.0 Å². The summed E-state index contributed by atoms with van der Waals surface area (Å²) in [6, 6.07) is 6.27. The second-order valence-corrected chi connectivity index (χ2v) is 12.5. The summed E-state index contributed by atoms with van der Waals surface area (Å²) in [5.74, 6) is 0.686. The Bertz CT molecular complexity index is 595. The van der Waals surface area contributed by atoms with Gasteiger partial charge in [-0.2, -0.15) is 0 Å². The summed E-state index contributed by atoms with van der Waals surface area (Å²) in [4.78, 5) is 4.59. The number of rotatable bonds is 5. The van der Waals surface area contributed by atoms with Crippen LogP contribution in [0, 0.1) is 0 Å². The molecule has 0 aliphatic carbocycles. The van der Waals surface area contributed by atoms with Crippen molar-refractivity contribution in [2.45, 2.75) is 58.2 Å². The number of aromatic nitrogens is 2. The van der Waals surface area contributed by atoms with Crippen LogP contribution in [-0.4, -0.2) is 24.6 Å². The molecule has 116 valence electrons. The van der Waals surface area contributed by atoms with E-state index in [2.05, 4.69) is 69.1 Å². The zero-order valence-corrected chi connectivity index (χ0v) is 15.3. The van der Waals surface area contributed by atoms with Crippen LogP contribution in [0.5, 0.6) is 5.88 Å². The monoisotopic (exact) mass is 304 g/mol. The Morgan fingerprint density at radius 2 is 1.52 bits per heavy atom. The second-order valence-electron chi connectivity index (χ2n) is 6.80. The molecule has 0 atom stereocenters. The maximum Gasteiger partial charge on any atom is 0.213 e. The standard InChI is InChI=1S/C17H28N2OSi/c1-12(2)21(13(3)4,14(5)6)19-11-10-15-16(19)8-9-17(18-15)20-7/h8-14H,1-7H3. The largest absolute Gasteiger partial charge is 0.481 e. The van der Waals surface area contributed by atoms with Gasteiger partial charge in [0.25, 0.3) is 0 Å². The van der Waals surface area contributed by atoms with E-state index in [1.54, 1.807) is 7.11 Å². The lowest BCUT2D eigenvalue weighted by molar-refractivity contribution is 0.399. The molecule has 2 heterocycles. The van der Waals surface area contributed by atoms with E-state index in [0.29, 0.717) is 22.5 Å². The molecule has 0 spiro atoms. The molecule has 0 bridgehead atoms. The van der Waals surface area contributed by atoms with Crippen molar-refractivity contribution in [3.63, 3.8) is 0 Å². The fraction of sp³-hybridized carbons (Fsp3) is 0.588. The smallest absolute Gasteiger partial charge is 0.213 e. The highest BCUT2D eigenvalue weighted by Gasteiger charge is 2.45. The number of hydrogen-bond donors (Lipinski definition) is 0. The lowest BCUT2D eigenvalue weighted by atomic mass is 10.4. The Kier molecular flexibility index (Phi) is 4.47. The molecule has 2 aromatic heterocycles. The molecule has 0 aliphatic heterocycles. The first-order chi connectivity index (χ1) is 9.85. The summed E-state index contributed by atoms with van der Waals surface area (Å²) in [6.45, 7) is 14.3. The first-order valence-corrected chi connectivity index (χ1v) is 10.1. The predicted octanol–water partition coefficient (Wildman–Crippen LogP) is 5.07. The molecule has 0 unspecified atom stereocenters. The normalized spacial score (nSPS) is 12.9. The van der Waals surface area contributed by atoms with Crippen LogP contribution >= 0.6 is 0 Å². The topological polar surface area (TPSA) is 27.1 Å². The van der Waals surface area contributed by atoms with Gasteiger partial charge in [-0.15, -0.1) is 0 Å². The average Bonchev–Trinajstić information content (AvgIpc) is 2.81. The van der Waals surface area contributed by atoms with Gasteiger partial charge >= 0.3 is 0 Å². The maximum absolute atomic E-state index is 5.25. The Morgan fingerprint density at radius 3 is 2.00 bits per heavy atom. The van der Waals surface area contributed by atoms with Crippen LogP contribution in [0.4, 0.5) is 0 Å². The molecular formula is C17H28N2OSi. The van der Waals surface area contributed by atoms with Crippen molar-refractivity contribution in [3.8, 4) is 5.88 Å². The van der Waals surface area contributed by atoms with Crippen LogP contribution in [0.3, 0.4) is 0 Å². The zero-order chi connectivity index (χ0) is 15.8. The number of methoxy groups -OCH3 is 1. The molecule has 0 aromatic carbocycles. The van der Waals surface area contributed by atoms with Gasteiger partial charge < -0.3 is 8.97 Å². The molecule has 0 N–H and O–H groups in total. The molecule has 0 saturated heterocycles. The van der Waals surface area contributed by atoms with Gasteiger partial charge in [-0.25, -0.2) is 4.98 Å². The molecule has 0 aliphatic rings. The molecule has 21 heavy (non-hydrogen) atoms. The molecule has 2 rings (SSSR count). The minimum Gasteiger partial charge on any atom is -0.481 e. The SMILES string of the molecule is COc1ccc2c(ccn2[Si](C(C)C)(C(C)C)C(C)C)n1. The predicted molar refractivity (Wildman–Crippen MR) is 92.7 cm³/mol. The Labute approximate surface area is 129 Å². The zero-order valence-electron chi connectivity index (χ0n) is 14.3. The quantitative estimate of drug-likeness (QED) is 0.721. The highest BCUT2D eigenvalue weighted by Crippen LogP contribution is 2.44. The van der Waals surface area contributed by atoms with Crippen molar-refractivity contribution in [2.75, 3.05) is 7.11 Å². The number of fused-ring (bicyclic) bond motifs is 1. The number of pyridine rings is 1. The minimum atomic E-state index is -1.71. The van der Waals surface area contributed by atoms with Crippen LogP contribution in [0.25, 0.3) is 11.0 Å². The van der Waals surface area contributed by atoms with Crippen molar-refractivity contribution in [1.29, 1.82) is 0 Å². The molecule has 4 heteroatoms. The summed E-state index contributed by atoms with van der Waals surface area (Å²) in [5, 5.41) is 0. The molecule has 0 fully saturated rings. The van der Waals surface area contributed by atoms with E-state index in [4.69, 9.17) is 4.74 Å². The summed E-state index contributed by atoms with van der Waals surface area (Å²) in [5.41, 5.74) is 4.31. The highest BCUT2D eigenvalue weighted by molar-refractivity contribution is 6.82. The number of nitrogens with zero attached hydrogens (tertiary/aromatic N) is 2. The number of hydrogen-bond acceptors (Lipinski definition) is 2. The van der Waals surface area contributed by atoms with Crippen LogP contribution in [0.15, 0.2) is 24.4 Å². The molecule has 0 saturated carbocycles. The molecule has 2 aromatic rings. The minimum absolute atomic E-state index is 0.676. The van der Waals surface area contributed by atoms with Gasteiger partial charge in [-0.3, -0.25) is 0 Å². The highest BCUT2D eigenvalue weighted by atomic mass is 28.3. The Hall–Kier alpha value is -1.29. The molecular weight excluding hydrogens is 276 g/mol. The van der Waals surface area contributed by atoms with Crippen molar-refractivity contribution in [3.05, 3.63) is 24.4 Å². The average molecular weight is 305 g/mol. The summed E-state index contributed by atoms with van der Waals surface area (Å²) in [6.07, 6.45) is 2.25. The molecule has 0 radical (unpaired) electrons. The van der Waals surface area contributed by atoms with Crippen molar-refractivity contribution in [2.24, 2.45) is 0 Å². The van der Waals surface area contributed by atoms with E-state index in [0.717, 1.165) is 5.52 Å². The van der Waals surface area contributed by atoms with Gasteiger partial charge in [-0.1, -0.05) is 41.5 Å². The van der Waals surface area contributed by atoms with Crippen molar-refractivity contribution < 1.29 is 4.74 Å². The molecule has 3 nitrogen and oxygen atoms in total. The first kappa shape index (κ1) is 16.1. The Balaban J connectivity index is 2.71. The van der Waals surface area contributed by atoms with Crippen LogP contribution in [-0.2, 0) is 0 Å². The van der Waals surface area contributed by atoms with E-state index in [1.807, 2.05) is 6.07 Å². The fourth-order valence-electron chi connectivity index (χ4n) is 4.29. The Morgan fingerprint density at radius 1 is 0.952 bits per heavy atom. The summed E-state index contributed by atoms with van der Waals surface area (Å²) < 4.78 is 7.83. The van der Waals surface area contributed by atoms with Gasteiger partial charge in [0.1, 0.15) is 0 Å². The van der Waals surface area contributed by atoms with E-state index in [9.17, 15) is 0 Å². The summed E-state index contributed by atoms with van der Waals surface area (Å²) in [7, 11) is -0.0404. The van der Waals surface area contributed by atoms with E-state index in [-0.39, 0.29) is 0 Å². The maximum atomic E-state index is 5.25. The van der Waals surface area contributed by atoms with E-state index >= 15 is 0 Å². The van der Waals surface area contributed by atoms with Crippen molar-refractivity contribution in [1.82, 2.24) is 9.22 Å². The second kappa shape index (κ2) is 5.83. The number of ether oxygens (including phenoxy) is 1. The van der Waals surface area contributed by atoms with Crippen molar-refractivity contribution >= 4 is 19.3 Å². The van der Waals surface area contributed by atoms with Gasteiger partial charge in [0.15, 0.2) is 8.24 Å². The van der Waals surface area contributed by atoms with Crippen LogP contribution in [0.2, 0.25) is 16.6 Å². The lowest BCUT2D eigenvalue weighted by Gasteiger charge is -2.44. The molecule has 0 amide bonds. The van der Waals surface area contributed by atoms with E-state index < -0.39 is 8.24 Å². The van der Waals surface area contributed by atoms with Crippen LogP contribution in [0.1, 0.15) is 41.5 Å². The van der Waals surface area contributed by atoms with Gasteiger partial charge in [0.05, 0.1) is 18.1 Å². The fourth-order valence-corrected chi connectivity index (χ4v) is 10.9. The third-order valence-electron chi connectivity index (χ3n) is 4.92.